The van der Waals surface area contributed by atoms with Gasteiger partial charge < -0.3 is 14.2 Å². The first-order valence-corrected chi connectivity index (χ1v) is 8.91. The second-order valence-corrected chi connectivity index (χ2v) is 6.53. The summed E-state index contributed by atoms with van der Waals surface area (Å²) in [6.45, 7) is 4.36. The van der Waals surface area contributed by atoms with E-state index >= 15 is 0 Å². The molecule has 0 radical (unpaired) electrons. The number of Topliss-reactive ketones (excluding diaryl/α,β-unsaturated/α-hetero) is 3. The average molecular weight is 376 g/mol. The smallest absolute Gasteiger partial charge is 0.311 e. The topological polar surface area (TPSA) is 99.3 Å². The Morgan fingerprint density at radius 3 is 2.30 bits per heavy atom. The molecule has 1 aliphatic heterocycles. The van der Waals surface area contributed by atoms with Crippen molar-refractivity contribution < 1.29 is 33.4 Å². The molecule has 0 bridgehead atoms. The third-order valence-corrected chi connectivity index (χ3v) is 4.15. The van der Waals surface area contributed by atoms with Crippen LogP contribution in [0.2, 0.25) is 0 Å². The van der Waals surface area contributed by atoms with Crippen LogP contribution >= 0.6 is 0 Å². The van der Waals surface area contributed by atoms with E-state index in [2.05, 4.69) is 0 Å². The molecule has 1 atom stereocenters. The van der Waals surface area contributed by atoms with Gasteiger partial charge in [-0.15, -0.1) is 0 Å². The van der Waals surface area contributed by atoms with Crippen LogP contribution in [0.25, 0.3) is 0 Å². The molecule has 0 amide bonds. The van der Waals surface area contributed by atoms with Gasteiger partial charge in [0.05, 0.1) is 19.1 Å². The number of epoxide rings is 1. The van der Waals surface area contributed by atoms with Crippen LogP contribution in [0.4, 0.5) is 0 Å². The lowest BCUT2D eigenvalue weighted by Crippen LogP contribution is -2.22. The molecule has 27 heavy (non-hydrogen) atoms. The Labute approximate surface area is 158 Å². The third kappa shape index (κ3) is 7.40. The van der Waals surface area contributed by atoms with Crippen LogP contribution in [0.15, 0.2) is 24.3 Å². The van der Waals surface area contributed by atoms with Gasteiger partial charge in [0.1, 0.15) is 23.4 Å². The van der Waals surface area contributed by atoms with Crippen molar-refractivity contribution in [2.45, 2.75) is 39.2 Å². The maximum Gasteiger partial charge on any atom is 0.311 e. The largest absolute Gasteiger partial charge is 0.427 e. The van der Waals surface area contributed by atoms with E-state index in [-0.39, 0.29) is 42.3 Å². The van der Waals surface area contributed by atoms with E-state index in [0.717, 1.165) is 6.61 Å². The number of ketones is 3. The van der Waals surface area contributed by atoms with Gasteiger partial charge in [0, 0.05) is 25.0 Å². The molecule has 1 aliphatic rings. The summed E-state index contributed by atoms with van der Waals surface area (Å²) < 4.78 is 15.6. The fraction of sp³-hybridized carbons (Fsp3) is 0.500. The normalized spacial score (nSPS) is 15.4. The highest BCUT2D eigenvalue weighted by atomic mass is 16.6. The zero-order chi connectivity index (χ0) is 19.8. The van der Waals surface area contributed by atoms with Gasteiger partial charge >= 0.3 is 5.97 Å². The van der Waals surface area contributed by atoms with Gasteiger partial charge in [-0.3, -0.25) is 19.2 Å². The van der Waals surface area contributed by atoms with Crippen LogP contribution < -0.4 is 4.74 Å². The maximum atomic E-state index is 12.2. The van der Waals surface area contributed by atoms with Crippen molar-refractivity contribution in [3.63, 3.8) is 0 Å². The zero-order valence-electron chi connectivity index (χ0n) is 15.6. The summed E-state index contributed by atoms with van der Waals surface area (Å²) >= 11 is 0. The first kappa shape index (κ1) is 20.9. The molecule has 1 aromatic rings. The first-order valence-electron chi connectivity index (χ1n) is 8.91. The van der Waals surface area contributed by atoms with Crippen LogP contribution in [-0.2, 0) is 23.9 Å². The molecule has 146 valence electrons. The highest BCUT2D eigenvalue weighted by Gasteiger charge is 2.24. The molecule has 0 N–H and O–H groups in total. The summed E-state index contributed by atoms with van der Waals surface area (Å²) in [5, 5.41) is 0. The lowest BCUT2D eigenvalue weighted by atomic mass is 9.92. The van der Waals surface area contributed by atoms with E-state index in [1.54, 1.807) is 0 Å². The van der Waals surface area contributed by atoms with Crippen molar-refractivity contribution in [2.75, 3.05) is 19.8 Å². The summed E-state index contributed by atoms with van der Waals surface area (Å²) in [6.07, 6.45) is 0.833. The molecule has 0 aliphatic carbocycles. The number of carbonyl (C=O) groups is 4. The SMILES string of the molecule is CC(=O)C(CC(=O)c1ccc(OC(=O)CCCOCC2CO2)cc1)C(C)=O. The zero-order valence-corrected chi connectivity index (χ0v) is 15.6. The summed E-state index contributed by atoms with van der Waals surface area (Å²) in [4.78, 5) is 46.9. The summed E-state index contributed by atoms with van der Waals surface area (Å²) in [5.41, 5.74) is 0.359. The Bertz CT molecular complexity index is 675. The Balaban J connectivity index is 1.76. The Morgan fingerprint density at radius 2 is 1.74 bits per heavy atom. The van der Waals surface area contributed by atoms with E-state index in [0.29, 0.717) is 30.9 Å². The highest BCUT2D eigenvalue weighted by Crippen LogP contribution is 2.17. The predicted octanol–water partition coefficient (Wildman–Crippen LogP) is 2.15. The predicted molar refractivity (Wildman–Crippen MR) is 95.7 cm³/mol. The monoisotopic (exact) mass is 376 g/mol. The minimum atomic E-state index is -0.913. The number of benzene rings is 1. The molecule has 7 heteroatoms. The van der Waals surface area contributed by atoms with Crippen molar-refractivity contribution in [3.05, 3.63) is 29.8 Å². The van der Waals surface area contributed by atoms with Crippen LogP contribution in [0.1, 0.15) is 43.5 Å². The number of esters is 1. The second-order valence-electron chi connectivity index (χ2n) is 6.53. The van der Waals surface area contributed by atoms with Crippen LogP contribution in [0, 0.1) is 5.92 Å². The second kappa shape index (κ2) is 10.1. The molecular weight excluding hydrogens is 352 g/mol. The average Bonchev–Trinajstić information content (AvgIpc) is 3.43. The van der Waals surface area contributed by atoms with Crippen molar-refractivity contribution in [3.8, 4) is 5.75 Å². The molecule has 1 heterocycles. The Hall–Kier alpha value is -2.38. The van der Waals surface area contributed by atoms with Crippen LogP contribution in [0.5, 0.6) is 5.75 Å². The molecule has 0 aromatic heterocycles. The number of ether oxygens (including phenoxy) is 3. The number of hydrogen-bond acceptors (Lipinski definition) is 7. The molecule has 0 spiro atoms. The standard InChI is InChI=1S/C20H24O7/c1-13(21)18(14(2)22)10-19(23)15-5-7-16(8-6-15)27-20(24)4-3-9-25-11-17-12-26-17/h5-8,17-18H,3-4,9-12H2,1-2H3. The van der Waals surface area contributed by atoms with Gasteiger partial charge in [0.15, 0.2) is 5.78 Å². The molecule has 1 saturated heterocycles. The van der Waals surface area contributed by atoms with Gasteiger partial charge in [0.25, 0.3) is 0 Å². The summed E-state index contributed by atoms with van der Waals surface area (Å²) in [5.74, 6) is -1.92. The van der Waals surface area contributed by atoms with Gasteiger partial charge in [-0.25, -0.2) is 0 Å². The molecule has 1 fully saturated rings. The molecular formula is C20H24O7. The maximum absolute atomic E-state index is 12.2. The summed E-state index contributed by atoms with van der Waals surface area (Å²) in [6, 6.07) is 6.06. The van der Waals surface area contributed by atoms with Gasteiger partial charge in [-0.2, -0.15) is 0 Å². The highest BCUT2D eigenvalue weighted by molar-refractivity contribution is 6.06. The molecule has 0 saturated carbocycles. The molecule has 2 rings (SSSR count). The van der Waals surface area contributed by atoms with Crippen molar-refractivity contribution >= 4 is 23.3 Å². The van der Waals surface area contributed by atoms with Crippen molar-refractivity contribution in [1.29, 1.82) is 0 Å². The summed E-state index contributed by atoms with van der Waals surface area (Å²) in [7, 11) is 0. The van der Waals surface area contributed by atoms with Crippen LogP contribution in [0.3, 0.4) is 0 Å². The number of hydrogen-bond donors (Lipinski definition) is 0. The third-order valence-electron chi connectivity index (χ3n) is 4.15. The Morgan fingerprint density at radius 1 is 1.11 bits per heavy atom. The Kier molecular flexibility index (Phi) is 7.82. The quantitative estimate of drug-likeness (QED) is 0.138. The van der Waals surface area contributed by atoms with Crippen molar-refractivity contribution in [2.24, 2.45) is 5.92 Å². The minimum absolute atomic E-state index is 0.157. The van der Waals surface area contributed by atoms with E-state index in [1.165, 1.54) is 38.1 Å². The van der Waals surface area contributed by atoms with E-state index < -0.39 is 5.92 Å². The van der Waals surface area contributed by atoms with Gasteiger partial charge in [0.2, 0.25) is 0 Å². The molecule has 1 aromatic carbocycles. The lowest BCUT2D eigenvalue weighted by molar-refractivity contribution is -0.135. The minimum Gasteiger partial charge on any atom is -0.427 e. The fourth-order valence-electron chi connectivity index (χ4n) is 2.47. The number of carbonyl (C=O) groups excluding carboxylic acids is 4. The fourth-order valence-corrected chi connectivity index (χ4v) is 2.47. The van der Waals surface area contributed by atoms with Gasteiger partial charge in [-0.05, 0) is 44.5 Å². The van der Waals surface area contributed by atoms with E-state index in [4.69, 9.17) is 14.2 Å². The van der Waals surface area contributed by atoms with Crippen molar-refractivity contribution in [1.82, 2.24) is 0 Å². The number of rotatable bonds is 12. The molecule has 7 nitrogen and oxygen atoms in total. The van der Waals surface area contributed by atoms with Gasteiger partial charge in [-0.1, -0.05) is 0 Å². The molecule has 1 unspecified atom stereocenters. The lowest BCUT2D eigenvalue weighted by Gasteiger charge is -2.10. The van der Waals surface area contributed by atoms with E-state index in [1.807, 2.05) is 0 Å². The van der Waals surface area contributed by atoms with Crippen LogP contribution in [-0.4, -0.2) is 49.2 Å². The van der Waals surface area contributed by atoms with E-state index in [9.17, 15) is 19.2 Å². The first-order chi connectivity index (χ1) is 12.9.